The van der Waals surface area contributed by atoms with Crippen molar-refractivity contribution >= 4 is 27.3 Å². The van der Waals surface area contributed by atoms with Gasteiger partial charge in [-0.2, -0.15) is 0 Å². The van der Waals surface area contributed by atoms with Crippen LogP contribution in [0.25, 0.3) is 0 Å². The number of thiophene rings is 1. The molecule has 2 aromatic rings. The number of methoxy groups -OCH3 is 1. The van der Waals surface area contributed by atoms with Crippen LogP contribution >= 0.6 is 27.3 Å². The molecule has 0 amide bonds. The Morgan fingerprint density at radius 1 is 1.37 bits per heavy atom. The third kappa shape index (κ3) is 2.82. The first-order valence-electron chi connectivity index (χ1n) is 6.36. The Kier molecular flexibility index (Phi) is 3.84. The average molecular weight is 339 g/mol. The van der Waals surface area contributed by atoms with Gasteiger partial charge in [-0.3, -0.25) is 0 Å². The Morgan fingerprint density at radius 3 is 3.05 bits per heavy atom. The zero-order chi connectivity index (χ0) is 13.2. The van der Waals surface area contributed by atoms with Gasteiger partial charge in [0.15, 0.2) is 0 Å². The fourth-order valence-electron chi connectivity index (χ4n) is 2.39. The van der Waals surface area contributed by atoms with E-state index in [1.54, 1.807) is 23.9 Å². The molecular weight excluding hydrogens is 324 g/mol. The highest BCUT2D eigenvalue weighted by Gasteiger charge is 2.19. The Morgan fingerprint density at radius 2 is 2.26 bits per heavy atom. The molecule has 1 aliphatic carbocycles. The van der Waals surface area contributed by atoms with Crippen molar-refractivity contribution in [2.45, 2.75) is 30.5 Å². The lowest BCUT2D eigenvalue weighted by Gasteiger charge is -2.08. The molecule has 0 N–H and O–H groups in total. The maximum Gasteiger partial charge on any atom is 0.216 e. The molecule has 100 valence electrons. The van der Waals surface area contributed by atoms with Gasteiger partial charge in [-0.1, -0.05) is 15.9 Å². The summed E-state index contributed by atoms with van der Waals surface area (Å²) in [6.07, 6.45) is 6.23. The van der Waals surface area contributed by atoms with E-state index in [4.69, 9.17) is 4.74 Å². The molecule has 19 heavy (non-hydrogen) atoms. The number of hydrogen-bond acceptors (Lipinski definition) is 4. The second-order valence-electron chi connectivity index (χ2n) is 4.67. The van der Waals surface area contributed by atoms with E-state index < -0.39 is 0 Å². The van der Waals surface area contributed by atoms with Crippen molar-refractivity contribution in [1.82, 2.24) is 9.97 Å². The second kappa shape index (κ2) is 5.59. The van der Waals surface area contributed by atoms with Crippen LogP contribution in [0, 0.1) is 0 Å². The van der Waals surface area contributed by atoms with Gasteiger partial charge < -0.3 is 4.74 Å². The number of alkyl halides is 1. The number of halogens is 1. The highest BCUT2D eigenvalue weighted by Crippen LogP contribution is 2.38. The van der Waals surface area contributed by atoms with E-state index in [-0.39, 0.29) is 0 Å². The number of rotatable bonds is 4. The van der Waals surface area contributed by atoms with Crippen molar-refractivity contribution in [3.05, 3.63) is 39.5 Å². The van der Waals surface area contributed by atoms with E-state index in [0.29, 0.717) is 10.7 Å². The number of nitrogens with zero attached hydrogens (tertiary/aromatic N) is 2. The van der Waals surface area contributed by atoms with Crippen LogP contribution in [0.4, 0.5) is 0 Å². The van der Waals surface area contributed by atoms with Gasteiger partial charge in [-0.05, 0) is 30.9 Å². The predicted molar refractivity (Wildman–Crippen MR) is 80.3 cm³/mol. The molecule has 3 nitrogen and oxygen atoms in total. The van der Waals surface area contributed by atoms with Crippen molar-refractivity contribution < 1.29 is 4.74 Å². The van der Waals surface area contributed by atoms with Crippen LogP contribution < -0.4 is 4.74 Å². The molecule has 2 aromatic heterocycles. The van der Waals surface area contributed by atoms with Crippen molar-refractivity contribution in [2.75, 3.05) is 7.11 Å². The molecule has 2 heterocycles. The molecule has 1 aliphatic rings. The molecule has 0 aromatic carbocycles. The molecule has 3 rings (SSSR count). The molecule has 5 heteroatoms. The zero-order valence-corrected chi connectivity index (χ0v) is 13.1. The molecule has 0 aliphatic heterocycles. The number of aryl methyl sites for hydroxylation is 2. The summed E-state index contributed by atoms with van der Waals surface area (Å²) in [6.45, 7) is 0. The lowest BCUT2D eigenvalue weighted by Crippen LogP contribution is -1.98. The minimum Gasteiger partial charge on any atom is -0.481 e. The summed E-state index contributed by atoms with van der Waals surface area (Å²) < 4.78 is 5.13. The van der Waals surface area contributed by atoms with Gasteiger partial charge in [0.25, 0.3) is 0 Å². The summed E-state index contributed by atoms with van der Waals surface area (Å²) in [5.74, 6) is 0.623. The molecule has 0 bridgehead atoms. The minimum atomic E-state index is 0.322. The van der Waals surface area contributed by atoms with Gasteiger partial charge in [0.05, 0.1) is 11.9 Å². The maximum absolute atomic E-state index is 5.13. The molecule has 0 saturated carbocycles. The first kappa shape index (κ1) is 13.1. The van der Waals surface area contributed by atoms with Crippen LogP contribution in [0.15, 0.2) is 18.5 Å². The highest BCUT2D eigenvalue weighted by molar-refractivity contribution is 9.09. The third-order valence-corrected chi connectivity index (χ3v) is 5.84. The van der Waals surface area contributed by atoms with E-state index in [2.05, 4.69) is 32.0 Å². The van der Waals surface area contributed by atoms with Crippen LogP contribution in [0.3, 0.4) is 0 Å². The molecule has 1 atom stereocenters. The molecule has 0 saturated heterocycles. The molecule has 1 unspecified atom stereocenters. The van der Waals surface area contributed by atoms with E-state index in [0.717, 1.165) is 12.1 Å². The smallest absolute Gasteiger partial charge is 0.216 e. The van der Waals surface area contributed by atoms with Gasteiger partial charge >= 0.3 is 0 Å². The normalized spacial score (nSPS) is 15.3. The van der Waals surface area contributed by atoms with Crippen LogP contribution in [-0.4, -0.2) is 17.1 Å². The molecule has 0 fully saturated rings. The van der Waals surface area contributed by atoms with Crippen LogP contribution in [0.5, 0.6) is 5.88 Å². The van der Waals surface area contributed by atoms with Gasteiger partial charge in [-0.15, -0.1) is 11.3 Å². The summed E-state index contributed by atoms with van der Waals surface area (Å²) in [5.41, 5.74) is 2.55. The maximum atomic E-state index is 5.13. The lowest BCUT2D eigenvalue weighted by atomic mass is 10.2. The Hall–Kier alpha value is -0.940. The summed E-state index contributed by atoms with van der Waals surface area (Å²) in [5, 5.41) is 0. The minimum absolute atomic E-state index is 0.322. The molecule has 0 radical (unpaired) electrons. The monoisotopic (exact) mass is 338 g/mol. The average Bonchev–Trinajstić information content (AvgIpc) is 2.99. The van der Waals surface area contributed by atoms with E-state index in [1.807, 2.05) is 17.4 Å². The number of ether oxygens (including phenoxy) is 1. The summed E-state index contributed by atoms with van der Waals surface area (Å²) in [7, 11) is 1.63. The van der Waals surface area contributed by atoms with E-state index in [1.165, 1.54) is 24.1 Å². The SMILES string of the molecule is COc1cc(CC(Br)c2cc3c(s2)CCC3)ncn1. The summed E-state index contributed by atoms with van der Waals surface area (Å²) in [6, 6.07) is 4.25. The number of fused-ring (bicyclic) bond motifs is 1. The summed E-state index contributed by atoms with van der Waals surface area (Å²) >= 11 is 5.72. The quantitative estimate of drug-likeness (QED) is 0.797. The molecule has 0 spiro atoms. The van der Waals surface area contributed by atoms with Gasteiger partial charge in [-0.25, -0.2) is 9.97 Å². The number of aromatic nitrogens is 2. The standard InChI is InChI=1S/C14H15BrN2OS/c1-18-14-7-10(16-8-17-14)6-11(15)13-5-9-3-2-4-12(9)19-13/h5,7-8,11H,2-4,6H2,1H3. The molecular formula is C14H15BrN2OS. The van der Waals surface area contributed by atoms with Gasteiger partial charge in [0.2, 0.25) is 5.88 Å². The number of hydrogen-bond donors (Lipinski definition) is 0. The predicted octanol–water partition coefficient (Wildman–Crippen LogP) is 3.71. The first-order chi connectivity index (χ1) is 9.26. The summed E-state index contributed by atoms with van der Waals surface area (Å²) in [4.78, 5) is 11.6. The van der Waals surface area contributed by atoms with Crippen LogP contribution in [0.2, 0.25) is 0 Å². The largest absolute Gasteiger partial charge is 0.481 e. The van der Waals surface area contributed by atoms with Crippen LogP contribution in [0.1, 0.15) is 32.3 Å². The lowest BCUT2D eigenvalue weighted by molar-refractivity contribution is 0.396. The third-order valence-electron chi connectivity index (χ3n) is 3.37. The van der Waals surface area contributed by atoms with Crippen LogP contribution in [-0.2, 0) is 19.3 Å². The fourth-order valence-corrected chi connectivity index (χ4v) is 4.37. The Bertz CT molecular complexity index is 563. The van der Waals surface area contributed by atoms with Gasteiger partial charge in [0, 0.05) is 27.9 Å². The fraction of sp³-hybridized carbons (Fsp3) is 0.429. The second-order valence-corrected chi connectivity index (χ2v) is 6.95. The topological polar surface area (TPSA) is 35.0 Å². The van der Waals surface area contributed by atoms with Gasteiger partial charge in [0.1, 0.15) is 6.33 Å². The zero-order valence-electron chi connectivity index (χ0n) is 10.7. The Balaban J connectivity index is 1.74. The Labute approximate surface area is 125 Å². The van der Waals surface area contributed by atoms with E-state index >= 15 is 0 Å². The first-order valence-corrected chi connectivity index (χ1v) is 8.10. The van der Waals surface area contributed by atoms with Crippen molar-refractivity contribution in [1.29, 1.82) is 0 Å². The highest BCUT2D eigenvalue weighted by atomic mass is 79.9. The van der Waals surface area contributed by atoms with Crippen molar-refractivity contribution in [3.63, 3.8) is 0 Å². The van der Waals surface area contributed by atoms with Crippen molar-refractivity contribution in [2.24, 2.45) is 0 Å². The van der Waals surface area contributed by atoms with E-state index in [9.17, 15) is 0 Å². The van der Waals surface area contributed by atoms with Crippen molar-refractivity contribution in [3.8, 4) is 5.88 Å².